The molecule has 0 atom stereocenters. The fraction of sp³-hybridized carbons (Fsp3) is 0.133. The van der Waals surface area contributed by atoms with Crippen LogP contribution in [0.3, 0.4) is 0 Å². The van der Waals surface area contributed by atoms with Crippen molar-refractivity contribution in [3.05, 3.63) is 58.3 Å². The van der Waals surface area contributed by atoms with Crippen molar-refractivity contribution in [2.45, 2.75) is 6.54 Å². The highest BCUT2D eigenvalue weighted by Gasteiger charge is 2.23. The van der Waals surface area contributed by atoms with Crippen LogP contribution < -0.4 is 14.8 Å². The Morgan fingerprint density at radius 3 is 3.04 bits per heavy atom. The van der Waals surface area contributed by atoms with Gasteiger partial charge in [0.1, 0.15) is 0 Å². The molecule has 4 rings (SSSR count). The lowest BCUT2D eigenvalue weighted by Crippen LogP contribution is -2.04. The van der Waals surface area contributed by atoms with Crippen LogP contribution in [-0.2, 0) is 6.54 Å². The summed E-state index contributed by atoms with van der Waals surface area (Å²) in [5.41, 5.74) is 1.37. The third-order valence-electron chi connectivity index (χ3n) is 3.60. The van der Waals surface area contributed by atoms with E-state index in [9.17, 15) is 10.1 Å². The molecule has 3 heterocycles. The fourth-order valence-corrected chi connectivity index (χ4v) is 2.58. The number of pyridine rings is 1. The molecule has 8 heteroatoms. The molecule has 0 radical (unpaired) electrons. The SMILES string of the molecule is O=[N+]([O-])c1c(NCc2cccc3c2OCO3)nc2ccccn12. The minimum Gasteiger partial charge on any atom is -0.454 e. The standard InChI is InChI=1S/C15H12N4O4/c20-19(21)15-14(17-12-6-1-2-7-18(12)15)16-8-10-4-3-5-11-13(10)23-9-22-11/h1-7,16H,8-9H2. The van der Waals surface area contributed by atoms with Gasteiger partial charge in [-0.3, -0.25) is 0 Å². The molecule has 8 nitrogen and oxygen atoms in total. The van der Waals surface area contributed by atoms with Crippen molar-refractivity contribution >= 4 is 17.3 Å². The highest BCUT2D eigenvalue weighted by atomic mass is 16.7. The average molecular weight is 312 g/mol. The molecule has 116 valence electrons. The lowest BCUT2D eigenvalue weighted by molar-refractivity contribution is -0.389. The van der Waals surface area contributed by atoms with Gasteiger partial charge >= 0.3 is 5.82 Å². The summed E-state index contributed by atoms with van der Waals surface area (Å²) in [6.07, 6.45) is 1.61. The number of hydrogen-bond acceptors (Lipinski definition) is 6. The van der Waals surface area contributed by atoms with Crippen LogP contribution in [0, 0.1) is 10.1 Å². The number of rotatable bonds is 4. The van der Waals surface area contributed by atoms with E-state index in [1.165, 1.54) is 4.40 Å². The van der Waals surface area contributed by atoms with Crippen LogP contribution >= 0.6 is 0 Å². The summed E-state index contributed by atoms with van der Waals surface area (Å²) >= 11 is 0. The molecular weight excluding hydrogens is 300 g/mol. The first-order valence-electron chi connectivity index (χ1n) is 6.97. The van der Waals surface area contributed by atoms with Crippen molar-refractivity contribution in [3.63, 3.8) is 0 Å². The number of para-hydroxylation sites is 1. The molecule has 2 aromatic heterocycles. The van der Waals surface area contributed by atoms with Crippen LogP contribution in [-0.4, -0.2) is 21.1 Å². The van der Waals surface area contributed by atoms with E-state index in [0.717, 1.165) is 5.56 Å². The summed E-state index contributed by atoms with van der Waals surface area (Å²) in [6, 6.07) is 10.8. The lowest BCUT2D eigenvalue weighted by Gasteiger charge is -2.06. The quantitative estimate of drug-likeness (QED) is 0.588. The van der Waals surface area contributed by atoms with E-state index >= 15 is 0 Å². The zero-order chi connectivity index (χ0) is 15.8. The van der Waals surface area contributed by atoms with Gasteiger partial charge in [0.05, 0.1) is 6.20 Å². The molecule has 23 heavy (non-hydrogen) atoms. The van der Waals surface area contributed by atoms with Crippen LogP contribution in [0.2, 0.25) is 0 Å². The van der Waals surface area contributed by atoms with Gasteiger partial charge in [0.25, 0.3) is 0 Å². The predicted molar refractivity (Wildman–Crippen MR) is 81.7 cm³/mol. The predicted octanol–water partition coefficient (Wildman–Crippen LogP) is 2.58. The molecule has 0 unspecified atom stereocenters. The second-order valence-electron chi connectivity index (χ2n) is 4.97. The van der Waals surface area contributed by atoms with E-state index < -0.39 is 4.92 Å². The van der Waals surface area contributed by atoms with E-state index in [0.29, 0.717) is 23.7 Å². The highest BCUT2D eigenvalue weighted by Crippen LogP contribution is 2.36. The molecular formula is C15H12N4O4. The van der Waals surface area contributed by atoms with Crippen molar-refractivity contribution in [2.24, 2.45) is 0 Å². The number of fused-ring (bicyclic) bond motifs is 2. The van der Waals surface area contributed by atoms with Gasteiger partial charge < -0.3 is 24.9 Å². The molecule has 0 saturated carbocycles. The first-order chi connectivity index (χ1) is 11.2. The number of nitrogens with zero attached hydrogens (tertiary/aromatic N) is 3. The maximum atomic E-state index is 11.4. The lowest BCUT2D eigenvalue weighted by atomic mass is 10.2. The molecule has 0 saturated heterocycles. The number of imidazole rings is 1. The number of hydrogen-bond donors (Lipinski definition) is 1. The second kappa shape index (κ2) is 5.16. The number of aromatic nitrogens is 2. The molecule has 0 spiro atoms. The van der Waals surface area contributed by atoms with Crippen molar-refractivity contribution in [1.29, 1.82) is 0 Å². The van der Waals surface area contributed by atoms with Crippen LogP contribution in [0.1, 0.15) is 5.56 Å². The molecule has 1 N–H and O–H groups in total. The van der Waals surface area contributed by atoms with Gasteiger partial charge in [0, 0.05) is 18.2 Å². The molecule has 1 aromatic carbocycles. The van der Waals surface area contributed by atoms with Gasteiger partial charge in [-0.05, 0) is 17.1 Å². The Balaban J connectivity index is 1.67. The molecule has 1 aliphatic heterocycles. The molecule has 0 aliphatic carbocycles. The summed E-state index contributed by atoms with van der Waals surface area (Å²) in [5, 5.41) is 14.4. The van der Waals surface area contributed by atoms with Crippen LogP contribution in [0.4, 0.5) is 11.6 Å². The van der Waals surface area contributed by atoms with Crippen molar-refractivity contribution in [3.8, 4) is 11.5 Å². The second-order valence-corrected chi connectivity index (χ2v) is 4.97. The van der Waals surface area contributed by atoms with Crippen molar-refractivity contribution in [1.82, 2.24) is 9.38 Å². The average Bonchev–Trinajstić information content (AvgIpc) is 3.16. The summed E-state index contributed by atoms with van der Waals surface area (Å²) < 4.78 is 12.2. The Kier molecular flexibility index (Phi) is 3.00. The van der Waals surface area contributed by atoms with Crippen molar-refractivity contribution < 1.29 is 14.4 Å². The number of ether oxygens (including phenoxy) is 2. The summed E-state index contributed by atoms with van der Waals surface area (Å²) in [6.45, 7) is 0.526. The summed E-state index contributed by atoms with van der Waals surface area (Å²) in [4.78, 5) is 15.2. The van der Waals surface area contributed by atoms with E-state index in [4.69, 9.17) is 9.47 Å². The smallest absolute Gasteiger partial charge is 0.372 e. The number of nitro groups is 1. The van der Waals surface area contributed by atoms with Crippen LogP contribution in [0.15, 0.2) is 42.6 Å². The zero-order valence-corrected chi connectivity index (χ0v) is 11.9. The molecule has 3 aromatic rings. The van der Waals surface area contributed by atoms with Gasteiger partial charge in [0.15, 0.2) is 11.5 Å². The Morgan fingerprint density at radius 2 is 2.17 bits per heavy atom. The molecule has 1 aliphatic rings. The number of benzene rings is 1. The first kappa shape index (κ1) is 13.4. The van der Waals surface area contributed by atoms with Gasteiger partial charge in [-0.2, -0.15) is 9.38 Å². The van der Waals surface area contributed by atoms with E-state index in [2.05, 4.69) is 10.3 Å². The summed E-state index contributed by atoms with van der Waals surface area (Å²) in [5.74, 6) is 1.46. The van der Waals surface area contributed by atoms with Gasteiger partial charge in [-0.1, -0.05) is 18.2 Å². The Hall–Kier alpha value is -3.29. The molecule has 0 bridgehead atoms. The van der Waals surface area contributed by atoms with E-state index in [-0.39, 0.29) is 18.4 Å². The zero-order valence-electron chi connectivity index (χ0n) is 11.9. The first-order valence-corrected chi connectivity index (χ1v) is 6.97. The van der Waals surface area contributed by atoms with E-state index in [1.54, 1.807) is 24.4 Å². The van der Waals surface area contributed by atoms with Crippen molar-refractivity contribution in [2.75, 3.05) is 12.1 Å². The highest BCUT2D eigenvalue weighted by molar-refractivity contribution is 5.62. The maximum absolute atomic E-state index is 11.4. The van der Waals surface area contributed by atoms with Gasteiger partial charge in [-0.25, -0.2) is 0 Å². The van der Waals surface area contributed by atoms with E-state index in [1.807, 2.05) is 18.2 Å². The maximum Gasteiger partial charge on any atom is 0.372 e. The normalized spacial score (nSPS) is 12.5. The topological polar surface area (TPSA) is 90.9 Å². The number of anilines is 1. The minimum absolute atomic E-state index is 0.0923. The van der Waals surface area contributed by atoms with Crippen LogP contribution in [0.5, 0.6) is 11.5 Å². The molecule has 0 fully saturated rings. The monoisotopic (exact) mass is 312 g/mol. The molecule has 0 amide bonds. The minimum atomic E-state index is -0.447. The Morgan fingerprint density at radius 1 is 1.26 bits per heavy atom. The number of nitrogens with one attached hydrogen (secondary N) is 1. The Bertz CT molecular complexity index is 906. The van der Waals surface area contributed by atoms with Crippen LogP contribution in [0.25, 0.3) is 5.65 Å². The van der Waals surface area contributed by atoms with Gasteiger partial charge in [-0.15, -0.1) is 0 Å². The third kappa shape index (κ3) is 2.20. The largest absolute Gasteiger partial charge is 0.454 e. The third-order valence-corrected chi connectivity index (χ3v) is 3.60. The summed E-state index contributed by atoms with van der Waals surface area (Å²) in [7, 11) is 0. The van der Waals surface area contributed by atoms with Gasteiger partial charge in [0.2, 0.25) is 18.3 Å². The Labute approximate surface area is 130 Å². The fourth-order valence-electron chi connectivity index (χ4n) is 2.58.